The van der Waals surface area contributed by atoms with Gasteiger partial charge >= 0.3 is 0 Å². The van der Waals surface area contributed by atoms with Crippen LogP contribution in [0.15, 0.2) is 35.2 Å². The smallest absolute Gasteiger partial charge is 0.282 e. The monoisotopic (exact) mass is 264 g/mol. The van der Waals surface area contributed by atoms with Gasteiger partial charge in [-0.25, -0.2) is 0 Å². The first-order chi connectivity index (χ1) is 8.30. The molecule has 0 aliphatic heterocycles. The van der Waals surface area contributed by atoms with E-state index in [1.165, 1.54) is 6.07 Å². The molecule has 0 bridgehead atoms. The maximum absolute atomic E-state index is 11.4. The third-order valence-corrected chi connectivity index (χ3v) is 4.08. The zero-order valence-electron chi connectivity index (χ0n) is 10.6. The van der Waals surface area contributed by atoms with Gasteiger partial charge in [-0.2, -0.15) is 8.42 Å². The van der Waals surface area contributed by atoms with Crippen molar-refractivity contribution >= 4 is 10.1 Å². The molecule has 4 heteroatoms. The summed E-state index contributed by atoms with van der Waals surface area (Å²) < 4.78 is 32.0. The van der Waals surface area contributed by atoms with E-state index < -0.39 is 10.1 Å². The van der Waals surface area contributed by atoms with E-state index in [-0.39, 0.29) is 4.90 Å². The van der Waals surface area contributed by atoms with E-state index in [0.29, 0.717) is 11.5 Å². The van der Waals surface area contributed by atoms with Gasteiger partial charge in [-0.3, -0.25) is 4.55 Å². The Morgan fingerprint density at radius 3 is 2.28 bits per heavy atom. The zero-order valence-corrected chi connectivity index (χ0v) is 11.5. The highest BCUT2D eigenvalue weighted by atomic mass is 32.2. The van der Waals surface area contributed by atoms with Crippen molar-refractivity contribution in [2.24, 2.45) is 0 Å². The SMILES string of the molecule is Cc1ccc(C(C)C)cc2c(S(=O)(=O)O)ccc1-2. The fourth-order valence-electron chi connectivity index (χ4n) is 2.07. The van der Waals surface area contributed by atoms with Gasteiger partial charge in [0, 0.05) is 5.56 Å². The Morgan fingerprint density at radius 1 is 1.06 bits per heavy atom. The number of hydrogen-bond acceptors (Lipinski definition) is 2. The number of hydrogen-bond donors (Lipinski definition) is 1. The lowest BCUT2D eigenvalue weighted by Gasteiger charge is -2.04. The van der Waals surface area contributed by atoms with Crippen LogP contribution in [0.25, 0.3) is 11.1 Å². The quantitative estimate of drug-likeness (QED) is 0.845. The Morgan fingerprint density at radius 2 is 1.72 bits per heavy atom. The molecule has 0 spiro atoms. The molecule has 2 rings (SSSR count). The van der Waals surface area contributed by atoms with Gasteiger partial charge in [0.25, 0.3) is 10.1 Å². The van der Waals surface area contributed by atoms with E-state index >= 15 is 0 Å². The Kier molecular flexibility index (Phi) is 3.17. The Balaban J connectivity index is 2.81. The van der Waals surface area contributed by atoms with Crippen LogP contribution >= 0.6 is 0 Å². The van der Waals surface area contributed by atoms with Crippen LogP contribution < -0.4 is 0 Å². The summed E-state index contributed by atoms with van der Waals surface area (Å²) in [5, 5.41) is 0. The van der Waals surface area contributed by atoms with Crippen LogP contribution in [0.4, 0.5) is 0 Å². The fraction of sp³-hybridized carbons (Fsp3) is 0.286. The highest BCUT2D eigenvalue weighted by Gasteiger charge is 2.20. The van der Waals surface area contributed by atoms with Gasteiger partial charge in [0.2, 0.25) is 0 Å². The van der Waals surface area contributed by atoms with Crippen molar-refractivity contribution in [1.82, 2.24) is 0 Å². The minimum absolute atomic E-state index is 0.0151. The summed E-state index contributed by atoms with van der Waals surface area (Å²) in [7, 11) is -4.18. The van der Waals surface area contributed by atoms with E-state index in [4.69, 9.17) is 0 Å². The Hall–Kier alpha value is -1.39. The molecule has 0 amide bonds. The third kappa shape index (κ3) is 2.26. The number of fused-ring (bicyclic) bond motifs is 1. The molecule has 3 nitrogen and oxygen atoms in total. The standard InChI is InChI=1S/C14H16O3S/c1-9(2)11-5-4-10(3)12-6-7-14(13(12)8-11)18(15,16)17/h4-9H,1-3H3,(H,15,16,17). The van der Waals surface area contributed by atoms with Crippen LogP contribution in [0.1, 0.15) is 30.9 Å². The second-order valence-corrected chi connectivity index (χ2v) is 6.21. The first-order valence-electron chi connectivity index (χ1n) is 5.81. The van der Waals surface area contributed by atoms with Crippen LogP contribution in [0, 0.1) is 6.92 Å². The van der Waals surface area contributed by atoms with E-state index in [1.54, 1.807) is 6.07 Å². The van der Waals surface area contributed by atoms with Crippen molar-refractivity contribution in [2.45, 2.75) is 31.6 Å². The second-order valence-electron chi connectivity index (χ2n) is 4.82. The molecule has 0 saturated heterocycles. The molecule has 1 N–H and O–H groups in total. The van der Waals surface area contributed by atoms with Crippen molar-refractivity contribution in [1.29, 1.82) is 0 Å². The number of aryl methyl sites for hydroxylation is 1. The third-order valence-electron chi connectivity index (χ3n) is 3.16. The van der Waals surface area contributed by atoms with Crippen molar-refractivity contribution in [3.8, 4) is 11.1 Å². The van der Waals surface area contributed by atoms with Crippen LogP contribution in [0.3, 0.4) is 0 Å². The Labute approximate surface area is 108 Å². The molecule has 0 atom stereocenters. The van der Waals surface area contributed by atoms with Gasteiger partial charge in [-0.05, 0) is 41.7 Å². The molecule has 0 saturated carbocycles. The summed E-state index contributed by atoms with van der Waals surface area (Å²) in [4.78, 5) is -0.0151. The van der Waals surface area contributed by atoms with Gasteiger partial charge in [0.1, 0.15) is 4.90 Å². The van der Waals surface area contributed by atoms with Crippen LogP contribution in [0.2, 0.25) is 0 Å². The normalized spacial score (nSPS) is 12.3. The van der Waals surface area contributed by atoms with Crippen LogP contribution in [0.5, 0.6) is 0 Å². The molecule has 2 aliphatic carbocycles. The first-order valence-corrected chi connectivity index (χ1v) is 7.25. The highest BCUT2D eigenvalue weighted by Crippen LogP contribution is 2.34. The summed E-state index contributed by atoms with van der Waals surface area (Å²) in [6, 6.07) is 9.00. The second kappa shape index (κ2) is 4.37. The largest absolute Gasteiger partial charge is 0.295 e. The first kappa shape index (κ1) is 13.1. The van der Waals surface area contributed by atoms with Gasteiger partial charge in [0.15, 0.2) is 0 Å². The lowest BCUT2D eigenvalue weighted by molar-refractivity contribution is 0.484. The molecule has 0 aromatic carbocycles. The van der Waals surface area contributed by atoms with E-state index in [9.17, 15) is 13.0 Å². The molecule has 0 heterocycles. The zero-order chi connectivity index (χ0) is 13.5. The fourth-order valence-corrected chi connectivity index (χ4v) is 2.76. The molecule has 0 fully saturated rings. The van der Waals surface area contributed by atoms with Crippen molar-refractivity contribution in [2.75, 3.05) is 0 Å². The van der Waals surface area contributed by atoms with Crippen molar-refractivity contribution in [3.05, 3.63) is 41.5 Å². The number of rotatable bonds is 2. The summed E-state index contributed by atoms with van der Waals surface area (Å²) in [5.41, 5.74) is 3.48. The van der Waals surface area contributed by atoms with Crippen molar-refractivity contribution in [3.63, 3.8) is 0 Å². The summed E-state index contributed by atoms with van der Waals surface area (Å²) >= 11 is 0. The Bertz CT molecular complexity index is 657. The minimum Gasteiger partial charge on any atom is -0.282 e. The summed E-state index contributed by atoms with van der Waals surface area (Å²) in [6.45, 7) is 6.03. The average molecular weight is 264 g/mol. The lowest BCUT2D eigenvalue weighted by Crippen LogP contribution is -1.97. The molecule has 2 aliphatic rings. The average Bonchev–Trinajstić information content (AvgIpc) is 2.59. The lowest BCUT2D eigenvalue weighted by atomic mass is 10.0. The predicted octanol–water partition coefficient (Wildman–Crippen LogP) is 3.47. The molecule has 0 aromatic heterocycles. The maximum Gasteiger partial charge on any atom is 0.295 e. The molecular weight excluding hydrogens is 248 g/mol. The topological polar surface area (TPSA) is 54.4 Å². The molecule has 0 aromatic rings. The van der Waals surface area contributed by atoms with Crippen LogP contribution in [-0.2, 0) is 10.1 Å². The van der Waals surface area contributed by atoms with Crippen LogP contribution in [-0.4, -0.2) is 13.0 Å². The molecular formula is C14H16O3S. The van der Waals surface area contributed by atoms with Gasteiger partial charge < -0.3 is 0 Å². The maximum atomic E-state index is 11.4. The van der Waals surface area contributed by atoms with E-state index in [0.717, 1.165) is 16.7 Å². The van der Waals surface area contributed by atoms with E-state index in [1.807, 2.05) is 39.0 Å². The van der Waals surface area contributed by atoms with Gasteiger partial charge in [-0.1, -0.05) is 32.0 Å². The molecule has 0 radical (unpaired) electrons. The molecule has 96 valence electrons. The predicted molar refractivity (Wildman–Crippen MR) is 71.7 cm³/mol. The molecule has 18 heavy (non-hydrogen) atoms. The summed E-state index contributed by atoms with van der Waals surface area (Å²) in [6.07, 6.45) is 0. The van der Waals surface area contributed by atoms with Gasteiger partial charge in [-0.15, -0.1) is 0 Å². The minimum atomic E-state index is -4.18. The van der Waals surface area contributed by atoms with Crippen molar-refractivity contribution < 1.29 is 13.0 Å². The molecule has 0 unspecified atom stereocenters. The van der Waals surface area contributed by atoms with Gasteiger partial charge in [0.05, 0.1) is 0 Å². The highest BCUT2D eigenvalue weighted by molar-refractivity contribution is 7.86. The van der Waals surface area contributed by atoms with E-state index in [2.05, 4.69) is 0 Å². The summed E-state index contributed by atoms with van der Waals surface area (Å²) in [5.74, 6) is 0.296.